The standard InChI is InChI=1S/C21H15F5N4O2S/c1-3-33(31,32)17-5-4-14(11-6-12(22)8-13(23)7-11)28-19(17)20-29-15-9-18(21(24,25)26)27-10-16(15)30(20)2/h4-10H,3H2,1-2H3. The molecule has 0 N–H and O–H groups in total. The molecule has 4 rings (SSSR count). The zero-order valence-electron chi connectivity index (χ0n) is 17.2. The summed E-state index contributed by atoms with van der Waals surface area (Å²) in [5.74, 6) is -2.03. The van der Waals surface area contributed by atoms with E-state index in [1.807, 2.05) is 0 Å². The second-order valence-corrected chi connectivity index (χ2v) is 9.40. The lowest BCUT2D eigenvalue weighted by Gasteiger charge is -2.11. The van der Waals surface area contributed by atoms with E-state index in [1.54, 1.807) is 0 Å². The van der Waals surface area contributed by atoms with Gasteiger partial charge in [0.2, 0.25) is 0 Å². The molecule has 33 heavy (non-hydrogen) atoms. The first-order chi connectivity index (χ1) is 15.4. The van der Waals surface area contributed by atoms with Gasteiger partial charge in [-0.05, 0) is 30.3 Å². The predicted molar refractivity (Wildman–Crippen MR) is 110 cm³/mol. The molecule has 0 saturated heterocycles. The monoisotopic (exact) mass is 482 g/mol. The third kappa shape index (κ3) is 4.17. The molecule has 0 bridgehead atoms. The normalized spacial score (nSPS) is 12.5. The number of halogens is 5. The van der Waals surface area contributed by atoms with E-state index in [2.05, 4.69) is 15.0 Å². The van der Waals surface area contributed by atoms with E-state index >= 15 is 0 Å². The van der Waals surface area contributed by atoms with Crippen molar-refractivity contribution in [2.75, 3.05) is 5.75 Å². The molecule has 12 heteroatoms. The molecule has 3 aromatic heterocycles. The predicted octanol–water partition coefficient (Wildman–Crippen LogP) is 4.79. The molecule has 0 spiro atoms. The van der Waals surface area contributed by atoms with Crippen molar-refractivity contribution in [2.45, 2.75) is 18.0 Å². The van der Waals surface area contributed by atoms with E-state index < -0.39 is 33.3 Å². The van der Waals surface area contributed by atoms with Crippen molar-refractivity contribution < 1.29 is 30.4 Å². The Morgan fingerprint density at radius 3 is 2.27 bits per heavy atom. The molecule has 0 amide bonds. The number of aryl methyl sites for hydroxylation is 1. The van der Waals surface area contributed by atoms with Gasteiger partial charge in [0.15, 0.2) is 15.7 Å². The third-order valence-corrected chi connectivity index (χ3v) is 6.76. The molecular weight excluding hydrogens is 467 g/mol. The van der Waals surface area contributed by atoms with Crippen LogP contribution in [0.2, 0.25) is 0 Å². The molecule has 6 nitrogen and oxygen atoms in total. The van der Waals surface area contributed by atoms with E-state index in [0.29, 0.717) is 6.07 Å². The minimum Gasteiger partial charge on any atom is -0.324 e. The molecule has 4 aromatic rings. The molecule has 0 saturated carbocycles. The number of nitrogens with zero attached hydrogens (tertiary/aromatic N) is 4. The van der Waals surface area contributed by atoms with Gasteiger partial charge < -0.3 is 4.57 Å². The number of hydrogen-bond acceptors (Lipinski definition) is 5. The Balaban J connectivity index is 2.00. The van der Waals surface area contributed by atoms with Crippen LogP contribution in [0.1, 0.15) is 12.6 Å². The van der Waals surface area contributed by atoms with Gasteiger partial charge in [-0.2, -0.15) is 13.2 Å². The zero-order valence-corrected chi connectivity index (χ0v) is 18.0. The number of aromatic nitrogens is 4. The Morgan fingerprint density at radius 2 is 1.67 bits per heavy atom. The number of rotatable bonds is 4. The van der Waals surface area contributed by atoms with Gasteiger partial charge in [0, 0.05) is 18.7 Å². The van der Waals surface area contributed by atoms with Gasteiger partial charge in [0.25, 0.3) is 0 Å². The maximum Gasteiger partial charge on any atom is 0.433 e. The molecule has 1 aromatic carbocycles. The summed E-state index contributed by atoms with van der Waals surface area (Å²) in [7, 11) is -2.37. The van der Waals surface area contributed by atoms with Gasteiger partial charge in [-0.25, -0.2) is 32.2 Å². The molecular formula is C21H15F5N4O2S. The highest BCUT2D eigenvalue weighted by molar-refractivity contribution is 7.91. The van der Waals surface area contributed by atoms with E-state index in [-0.39, 0.29) is 44.5 Å². The van der Waals surface area contributed by atoms with E-state index in [9.17, 15) is 30.4 Å². The molecule has 172 valence electrons. The van der Waals surface area contributed by atoms with Crippen molar-refractivity contribution in [1.29, 1.82) is 0 Å². The number of imidazole rings is 1. The third-order valence-electron chi connectivity index (χ3n) is 5.00. The van der Waals surface area contributed by atoms with Gasteiger partial charge in [-0.15, -0.1) is 0 Å². The number of alkyl halides is 3. The number of benzene rings is 1. The van der Waals surface area contributed by atoms with Gasteiger partial charge in [-0.1, -0.05) is 6.92 Å². The van der Waals surface area contributed by atoms with Crippen molar-refractivity contribution >= 4 is 20.9 Å². The molecule has 0 radical (unpaired) electrons. The number of hydrogen-bond donors (Lipinski definition) is 0. The first-order valence-electron chi connectivity index (χ1n) is 9.51. The second kappa shape index (κ2) is 7.87. The van der Waals surface area contributed by atoms with E-state index in [0.717, 1.165) is 24.4 Å². The lowest BCUT2D eigenvalue weighted by molar-refractivity contribution is -0.141. The molecule has 0 aliphatic rings. The number of pyridine rings is 2. The van der Waals surface area contributed by atoms with Crippen LogP contribution in [0, 0.1) is 11.6 Å². The summed E-state index contributed by atoms with van der Waals surface area (Å²) in [5, 5.41) is 0. The zero-order chi connectivity index (χ0) is 24.1. The first kappa shape index (κ1) is 22.8. The molecule has 3 heterocycles. The van der Waals surface area contributed by atoms with Gasteiger partial charge in [0.1, 0.15) is 23.0 Å². The SMILES string of the molecule is CCS(=O)(=O)c1ccc(-c2cc(F)cc(F)c2)nc1-c1nc2cc(C(F)(F)F)ncc2n1C. The highest BCUT2D eigenvalue weighted by Gasteiger charge is 2.33. The summed E-state index contributed by atoms with van der Waals surface area (Å²) in [6.07, 6.45) is -3.71. The van der Waals surface area contributed by atoms with Crippen molar-refractivity contribution in [2.24, 2.45) is 7.05 Å². The minimum atomic E-state index is -4.69. The summed E-state index contributed by atoms with van der Waals surface area (Å²) in [6.45, 7) is 1.42. The number of fused-ring (bicyclic) bond motifs is 1. The molecule has 0 atom stereocenters. The first-order valence-corrected chi connectivity index (χ1v) is 11.2. The van der Waals surface area contributed by atoms with Gasteiger partial charge in [0.05, 0.1) is 33.6 Å². The largest absolute Gasteiger partial charge is 0.433 e. The van der Waals surface area contributed by atoms with Crippen LogP contribution in [-0.4, -0.2) is 33.7 Å². The van der Waals surface area contributed by atoms with Crippen molar-refractivity contribution in [3.8, 4) is 22.8 Å². The van der Waals surface area contributed by atoms with Crippen LogP contribution in [0.25, 0.3) is 33.8 Å². The van der Waals surface area contributed by atoms with E-state index in [4.69, 9.17) is 0 Å². The Labute approximate surface area is 184 Å². The van der Waals surface area contributed by atoms with Crippen LogP contribution in [0.3, 0.4) is 0 Å². The van der Waals surface area contributed by atoms with Crippen LogP contribution in [0.5, 0.6) is 0 Å². The summed E-state index contributed by atoms with van der Waals surface area (Å²) < 4.78 is 93.4. The van der Waals surface area contributed by atoms with Crippen LogP contribution >= 0.6 is 0 Å². The van der Waals surface area contributed by atoms with Gasteiger partial charge >= 0.3 is 6.18 Å². The maximum absolute atomic E-state index is 13.7. The average Bonchev–Trinajstić information content (AvgIpc) is 3.08. The van der Waals surface area contributed by atoms with Crippen LogP contribution in [0.15, 0.2) is 47.5 Å². The minimum absolute atomic E-state index is 0.0446. The quantitative estimate of drug-likeness (QED) is 0.391. The topological polar surface area (TPSA) is 77.7 Å². The van der Waals surface area contributed by atoms with Crippen LogP contribution in [0.4, 0.5) is 22.0 Å². The Bertz CT molecular complexity index is 1480. The van der Waals surface area contributed by atoms with Crippen LogP contribution < -0.4 is 0 Å². The molecule has 0 aliphatic heterocycles. The summed E-state index contributed by atoms with van der Waals surface area (Å²) in [5.41, 5.74) is -1.07. The Hall–Kier alpha value is -3.41. The van der Waals surface area contributed by atoms with Crippen molar-refractivity contribution in [3.05, 3.63) is 59.9 Å². The fraction of sp³-hybridized carbons (Fsp3) is 0.190. The second-order valence-electron chi connectivity index (χ2n) is 7.16. The summed E-state index contributed by atoms with van der Waals surface area (Å²) in [4.78, 5) is 11.7. The van der Waals surface area contributed by atoms with Gasteiger partial charge in [-0.3, -0.25) is 0 Å². The highest BCUT2D eigenvalue weighted by atomic mass is 32.2. The molecule has 0 fully saturated rings. The van der Waals surface area contributed by atoms with Crippen LogP contribution in [-0.2, 0) is 23.1 Å². The lowest BCUT2D eigenvalue weighted by atomic mass is 10.1. The summed E-state index contributed by atoms with van der Waals surface area (Å²) >= 11 is 0. The fourth-order valence-corrected chi connectivity index (χ4v) is 4.35. The Kier molecular flexibility index (Phi) is 5.43. The molecule has 0 unspecified atom stereocenters. The summed E-state index contributed by atoms with van der Waals surface area (Å²) in [6, 6.07) is 6.01. The smallest absolute Gasteiger partial charge is 0.324 e. The Morgan fingerprint density at radius 1 is 1.00 bits per heavy atom. The maximum atomic E-state index is 13.7. The van der Waals surface area contributed by atoms with Crippen molar-refractivity contribution in [1.82, 2.24) is 19.5 Å². The van der Waals surface area contributed by atoms with Crippen molar-refractivity contribution in [3.63, 3.8) is 0 Å². The number of sulfone groups is 1. The molecule has 0 aliphatic carbocycles. The fourth-order valence-electron chi connectivity index (χ4n) is 3.33. The highest BCUT2D eigenvalue weighted by Crippen LogP contribution is 2.33. The lowest BCUT2D eigenvalue weighted by Crippen LogP contribution is -2.09. The average molecular weight is 482 g/mol. The van der Waals surface area contributed by atoms with E-state index in [1.165, 1.54) is 30.7 Å².